The van der Waals surface area contributed by atoms with Crippen LogP contribution in [0.4, 0.5) is 5.69 Å². The highest BCUT2D eigenvalue weighted by Crippen LogP contribution is 2.30. The zero-order valence-corrected chi connectivity index (χ0v) is 15.8. The first-order valence-electron chi connectivity index (χ1n) is 8.44. The van der Waals surface area contributed by atoms with E-state index in [0.29, 0.717) is 11.4 Å². The van der Waals surface area contributed by atoms with Gasteiger partial charge in [-0.15, -0.1) is 0 Å². The molecule has 4 rings (SSSR count). The highest BCUT2D eigenvalue weighted by molar-refractivity contribution is 8.00. The third-order valence-electron chi connectivity index (χ3n) is 4.22. The number of hydrogen-bond donors (Lipinski definition) is 2. The third kappa shape index (κ3) is 3.46. The number of fused-ring (bicyclic) bond motifs is 3. The molecule has 0 aliphatic rings. The molecule has 2 aromatic heterocycles. The molecule has 0 atom stereocenters. The van der Waals surface area contributed by atoms with Crippen molar-refractivity contribution in [1.82, 2.24) is 15.0 Å². The van der Waals surface area contributed by atoms with Crippen molar-refractivity contribution in [3.8, 4) is 5.75 Å². The van der Waals surface area contributed by atoms with E-state index in [1.807, 2.05) is 49.4 Å². The lowest BCUT2D eigenvalue weighted by Crippen LogP contribution is -2.15. The van der Waals surface area contributed by atoms with Crippen LogP contribution >= 0.6 is 11.8 Å². The number of thioether (sulfide) groups is 1. The maximum atomic E-state index is 12.4. The molecule has 0 unspecified atom stereocenters. The molecule has 0 aliphatic heterocycles. The predicted molar refractivity (Wildman–Crippen MR) is 108 cm³/mol. The number of amides is 1. The normalized spacial score (nSPS) is 11.0. The summed E-state index contributed by atoms with van der Waals surface area (Å²) in [6.07, 6.45) is 1.53. The lowest BCUT2D eigenvalue weighted by molar-refractivity contribution is -0.113. The van der Waals surface area contributed by atoms with Crippen LogP contribution in [0.5, 0.6) is 5.75 Å². The van der Waals surface area contributed by atoms with Crippen molar-refractivity contribution in [2.75, 3.05) is 18.2 Å². The molecule has 7 heteroatoms. The van der Waals surface area contributed by atoms with E-state index < -0.39 is 0 Å². The molecule has 0 saturated carbocycles. The minimum Gasteiger partial charge on any atom is -0.495 e. The summed E-state index contributed by atoms with van der Waals surface area (Å²) in [6.45, 7) is 1.97. The molecule has 4 aromatic rings. The summed E-state index contributed by atoms with van der Waals surface area (Å²) < 4.78 is 5.31. The molecule has 27 heavy (non-hydrogen) atoms. The topological polar surface area (TPSA) is 79.9 Å². The Hall–Kier alpha value is -3.06. The van der Waals surface area contributed by atoms with Gasteiger partial charge in [0.2, 0.25) is 5.91 Å². The van der Waals surface area contributed by atoms with Crippen molar-refractivity contribution in [3.63, 3.8) is 0 Å². The summed E-state index contributed by atoms with van der Waals surface area (Å²) in [6, 6.07) is 13.7. The van der Waals surface area contributed by atoms with Crippen molar-refractivity contribution >= 4 is 45.3 Å². The zero-order chi connectivity index (χ0) is 18.8. The first kappa shape index (κ1) is 17.4. The van der Waals surface area contributed by atoms with Gasteiger partial charge in [0.05, 0.1) is 24.1 Å². The molecular formula is C20H18N4O2S. The van der Waals surface area contributed by atoms with Crippen LogP contribution in [0.25, 0.3) is 21.9 Å². The van der Waals surface area contributed by atoms with Gasteiger partial charge in [-0.05, 0) is 30.7 Å². The van der Waals surface area contributed by atoms with Crippen molar-refractivity contribution in [2.24, 2.45) is 0 Å². The first-order valence-corrected chi connectivity index (χ1v) is 9.43. The average molecular weight is 378 g/mol. The summed E-state index contributed by atoms with van der Waals surface area (Å²) >= 11 is 1.37. The van der Waals surface area contributed by atoms with Crippen LogP contribution in [-0.2, 0) is 4.79 Å². The van der Waals surface area contributed by atoms with E-state index in [1.165, 1.54) is 18.1 Å². The minimum atomic E-state index is -0.119. The third-order valence-corrected chi connectivity index (χ3v) is 5.21. The Balaban J connectivity index is 1.54. The Morgan fingerprint density at radius 1 is 1.22 bits per heavy atom. The van der Waals surface area contributed by atoms with E-state index in [9.17, 15) is 4.79 Å². The molecule has 0 saturated heterocycles. The Kier molecular flexibility index (Phi) is 4.68. The van der Waals surface area contributed by atoms with Gasteiger partial charge < -0.3 is 15.0 Å². The number of H-pyrrole nitrogens is 1. The number of benzene rings is 2. The van der Waals surface area contributed by atoms with Gasteiger partial charge in [-0.3, -0.25) is 4.79 Å². The second-order valence-electron chi connectivity index (χ2n) is 6.11. The fourth-order valence-corrected chi connectivity index (χ4v) is 3.72. The Bertz CT molecular complexity index is 1140. The van der Waals surface area contributed by atoms with Gasteiger partial charge in [0.25, 0.3) is 0 Å². The second kappa shape index (κ2) is 7.28. The number of aromatic amines is 1. The summed E-state index contributed by atoms with van der Waals surface area (Å²) in [5.74, 6) is 0.754. The summed E-state index contributed by atoms with van der Waals surface area (Å²) in [7, 11) is 1.59. The molecular weight excluding hydrogens is 360 g/mol. The second-order valence-corrected chi connectivity index (χ2v) is 7.08. The van der Waals surface area contributed by atoms with Crippen LogP contribution in [0.3, 0.4) is 0 Å². The van der Waals surface area contributed by atoms with Crippen molar-refractivity contribution < 1.29 is 9.53 Å². The first-order chi connectivity index (χ1) is 13.2. The molecule has 2 aromatic carbocycles. The highest BCUT2D eigenvalue weighted by atomic mass is 32.2. The Labute approximate surface area is 160 Å². The number of aryl methyl sites for hydroxylation is 1. The number of hydrogen-bond acceptors (Lipinski definition) is 5. The van der Waals surface area contributed by atoms with Gasteiger partial charge >= 0.3 is 0 Å². The lowest BCUT2D eigenvalue weighted by atomic mass is 10.2. The monoisotopic (exact) mass is 378 g/mol. The molecule has 2 heterocycles. The standard InChI is InChI=1S/C20H18N4O2S/c1-12-7-8-16(26-2)15(9-12)23-17(25)10-27-20-19-18(21-11-22-20)13-5-3-4-6-14(13)24-19/h3-9,11,24H,10H2,1-2H3,(H,23,25). The van der Waals surface area contributed by atoms with E-state index in [-0.39, 0.29) is 11.7 Å². The molecule has 136 valence electrons. The number of anilines is 1. The van der Waals surface area contributed by atoms with Crippen LogP contribution in [0, 0.1) is 6.92 Å². The average Bonchev–Trinajstić information content (AvgIpc) is 3.06. The van der Waals surface area contributed by atoms with Gasteiger partial charge in [0.15, 0.2) is 0 Å². The van der Waals surface area contributed by atoms with Crippen LogP contribution < -0.4 is 10.1 Å². The summed E-state index contributed by atoms with van der Waals surface area (Å²) in [5, 5.41) is 4.71. The van der Waals surface area contributed by atoms with Crippen LogP contribution in [-0.4, -0.2) is 33.7 Å². The fraction of sp³-hybridized carbons (Fsp3) is 0.150. The van der Waals surface area contributed by atoms with E-state index in [2.05, 4.69) is 20.3 Å². The van der Waals surface area contributed by atoms with Crippen molar-refractivity contribution in [3.05, 3.63) is 54.4 Å². The lowest BCUT2D eigenvalue weighted by Gasteiger charge is -2.10. The van der Waals surface area contributed by atoms with Gasteiger partial charge in [0, 0.05) is 10.9 Å². The number of nitrogens with one attached hydrogen (secondary N) is 2. The van der Waals surface area contributed by atoms with E-state index in [0.717, 1.165) is 32.5 Å². The highest BCUT2D eigenvalue weighted by Gasteiger charge is 2.13. The summed E-state index contributed by atoms with van der Waals surface area (Å²) in [4.78, 5) is 24.5. The van der Waals surface area contributed by atoms with Crippen LogP contribution in [0.15, 0.2) is 53.8 Å². The number of para-hydroxylation sites is 1. The summed E-state index contributed by atoms with van der Waals surface area (Å²) in [5.41, 5.74) is 4.44. The molecule has 6 nitrogen and oxygen atoms in total. The van der Waals surface area contributed by atoms with Crippen molar-refractivity contribution in [2.45, 2.75) is 11.9 Å². The van der Waals surface area contributed by atoms with Gasteiger partial charge in [-0.1, -0.05) is 36.0 Å². The molecule has 0 spiro atoms. The van der Waals surface area contributed by atoms with Gasteiger partial charge in [0.1, 0.15) is 22.6 Å². The fourth-order valence-electron chi connectivity index (χ4n) is 2.97. The number of methoxy groups -OCH3 is 1. The van der Waals surface area contributed by atoms with Crippen LogP contribution in [0.1, 0.15) is 5.56 Å². The largest absolute Gasteiger partial charge is 0.495 e. The van der Waals surface area contributed by atoms with E-state index in [1.54, 1.807) is 7.11 Å². The van der Waals surface area contributed by atoms with Gasteiger partial charge in [-0.25, -0.2) is 9.97 Å². The number of carbonyl (C=O) groups is 1. The van der Waals surface area contributed by atoms with Crippen molar-refractivity contribution in [1.29, 1.82) is 0 Å². The Morgan fingerprint density at radius 2 is 2.07 bits per heavy atom. The smallest absolute Gasteiger partial charge is 0.234 e. The number of nitrogens with zero attached hydrogens (tertiary/aromatic N) is 2. The SMILES string of the molecule is COc1ccc(C)cc1NC(=O)CSc1ncnc2c1[nH]c1ccccc12. The Morgan fingerprint density at radius 3 is 2.93 bits per heavy atom. The van der Waals surface area contributed by atoms with Gasteiger partial charge in [-0.2, -0.15) is 0 Å². The zero-order valence-electron chi connectivity index (χ0n) is 14.9. The quantitative estimate of drug-likeness (QED) is 0.403. The molecule has 0 radical (unpaired) electrons. The number of carbonyl (C=O) groups excluding carboxylic acids is 1. The number of aromatic nitrogens is 3. The molecule has 0 fully saturated rings. The maximum absolute atomic E-state index is 12.4. The van der Waals surface area contributed by atoms with E-state index >= 15 is 0 Å². The molecule has 0 bridgehead atoms. The molecule has 2 N–H and O–H groups in total. The van der Waals surface area contributed by atoms with E-state index in [4.69, 9.17) is 4.74 Å². The molecule has 0 aliphatic carbocycles. The molecule has 1 amide bonds. The minimum absolute atomic E-state index is 0.119. The number of rotatable bonds is 5. The maximum Gasteiger partial charge on any atom is 0.234 e. The van der Waals surface area contributed by atoms with Crippen LogP contribution in [0.2, 0.25) is 0 Å². The predicted octanol–water partition coefficient (Wildman–Crippen LogP) is 4.16. The number of ether oxygens (including phenoxy) is 1.